The minimum Gasteiger partial charge on any atom is -0.504 e. The average Bonchev–Trinajstić information content (AvgIpc) is 1.70. The van der Waals surface area contributed by atoms with E-state index < -0.39 is 138 Å². The quantitative estimate of drug-likeness (QED) is 0.00779. The van der Waals surface area contributed by atoms with Crippen LogP contribution in [0.15, 0.2) is 145 Å². The zero-order valence-electron chi connectivity index (χ0n) is 70.3. The van der Waals surface area contributed by atoms with Crippen molar-refractivity contribution in [3.8, 4) is 86.2 Å². The number of carbonyl (C=O) groups is 9. The first kappa shape index (κ1) is 98.7. The number of esters is 9. The maximum atomic E-state index is 13.1. The third-order valence-corrected chi connectivity index (χ3v) is 17.5. The molecule has 34 heteroatoms. The fourth-order valence-electron chi connectivity index (χ4n) is 11.7. The van der Waals surface area contributed by atoms with E-state index in [4.69, 9.17) is 56.8 Å². The number of methoxy groups -OCH3 is 3. The molecule has 0 saturated carbocycles. The van der Waals surface area contributed by atoms with Crippen molar-refractivity contribution < 1.29 is 141 Å². The summed E-state index contributed by atoms with van der Waals surface area (Å²) in [6.07, 6.45) is 8.91. The third kappa shape index (κ3) is 26.4. The number of hydrogen-bond donors (Lipinski definition) is 8. The summed E-state index contributed by atoms with van der Waals surface area (Å²) in [6.45, 7) is 15.1. The molecule has 662 valence electrons. The van der Waals surface area contributed by atoms with Gasteiger partial charge in [-0.25, -0.2) is 24.0 Å². The summed E-state index contributed by atoms with van der Waals surface area (Å²) in [4.78, 5) is 169. The van der Waals surface area contributed by atoms with Gasteiger partial charge in [0.1, 0.15) is 0 Å². The molecule has 10 aromatic rings. The summed E-state index contributed by atoms with van der Waals surface area (Å²) in [5, 5.41) is 78.5. The molecule has 0 fully saturated rings. The second-order valence-electron chi connectivity index (χ2n) is 27.1. The van der Waals surface area contributed by atoms with Crippen molar-refractivity contribution in [1.29, 1.82) is 0 Å². The topological polar surface area (TPSA) is 512 Å². The number of hydrogen-bond acceptors (Lipinski definition) is 34. The molecule has 0 saturated heterocycles. The van der Waals surface area contributed by atoms with Crippen LogP contribution in [0.25, 0.3) is 53.9 Å². The molecule has 0 aromatic heterocycles. The first-order valence-electron chi connectivity index (χ1n) is 38.9. The van der Waals surface area contributed by atoms with Crippen LogP contribution >= 0.6 is 0 Å². The van der Waals surface area contributed by atoms with E-state index in [0.717, 1.165) is 71.2 Å². The Hall–Kier alpha value is -15.1. The van der Waals surface area contributed by atoms with Gasteiger partial charge in [0.15, 0.2) is 86.2 Å². The van der Waals surface area contributed by atoms with Gasteiger partial charge in [0.05, 0.1) is 109 Å². The van der Waals surface area contributed by atoms with E-state index in [1.54, 1.807) is 18.2 Å². The molecule has 10 aromatic carbocycles. The fraction of sp³-hybridized carbons (Fsp3) is 0.297. The van der Waals surface area contributed by atoms with Gasteiger partial charge in [-0.2, -0.15) is 0 Å². The molecule has 0 heterocycles. The van der Waals surface area contributed by atoms with Crippen molar-refractivity contribution >= 4 is 108 Å². The Balaban J connectivity index is 0.000000242. The van der Waals surface area contributed by atoms with E-state index in [2.05, 4.69) is 6.92 Å². The maximum absolute atomic E-state index is 13.1. The van der Waals surface area contributed by atoms with Crippen LogP contribution in [0.1, 0.15) is 178 Å². The summed E-state index contributed by atoms with van der Waals surface area (Å²) in [5.41, 5.74) is -3.67. The van der Waals surface area contributed by atoms with Crippen LogP contribution in [-0.2, 0) is 42.9 Å². The van der Waals surface area contributed by atoms with Gasteiger partial charge >= 0.3 is 53.7 Å². The number of rotatable bonds is 27. The molecule has 0 aliphatic heterocycles. The van der Waals surface area contributed by atoms with Crippen LogP contribution < -0.4 is 60.3 Å². The lowest BCUT2D eigenvalue weighted by Crippen LogP contribution is -2.13. The highest BCUT2D eigenvalue weighted by atomic mass is 16.6. The second kappa shape index (κ2) is 47.2. The van der Waals surface area contributed by atoms with Gasteiger partial charge in [-0.15, -0.1) is 0 Å². The number of aromatic hydroxyl groups is 8. The smallest absolute Gasteiger partial charge is 0.338 e. The van der Waals surface area contributed by atoms with Crippen LogP contribution in [0.3, 0.4) is 0 Å². The van der Waals surface area contributed by atoms with E-state index >= 15 is 0 Å². The predicted octanol–water partition coefficient (Wildman–Crippen LogP) is 13.2. The zero-order chi connectivity index (χ0) is 92.6. The molecule has 0 spiro atoms. The number of phenolic OH excluding ortho intramolecular Hbond substituents is 6. The van der Waals surface area contributed by atoms with Gasteiger partial charge in [-0.05, 0) is 150 Å². The molecule has 34 nitrogen and oxygen atoms in total. The minimum atomic E-state index is -0.882. The molecule has 0 amide bonds. The fourth-order valence-corrected chi connectivity index (χ4v) is 11.7. The molecule has 0 aliphatic carbocycles. The highest BCUT2D eigenvalue weighted by Gasteiger charge is 2.25. The number of unbranched alkanes of at least 4 members (excludes halogenated alkanes) is 5. The highest BCUT2D eigenvalue weighted by molar-refractivity contribution is 6.03. The standard InChI is InChI=1S/C21H20O9.C20H24O6.C18H20O6.C17H16O7.C15H14O6/c1-5-8-27-21(26)15-9-14-6-7-16(28-11(2)22)20(30-13(4)24)18(14)19(25)17(10-15)29-12(3)23;1-2-3-4-5-6-7-10-26-20(25)14-11-13-8-9-15(21)18(23)17(13)19(24)16(22)12-14;1-5-8-24-18(20)12-9-11-6-7-13(21-2)17(23-4)15(11)16(19)14(10-12)22-3;1-3-6-23-17(22)11-7-10-4-5-12(19)15(20)14(10)16(21)13(8-11)24-9(2)18;1-2-5-21-15(20)9-6-8-3-4-10(16)13(18)12(8)14(19)11(17)7-9/h6-7,9-10H,5,8H2,1-4H3;8-9,11-12,21,23H,2-7,10H2,1H3,(H,22,24);6-7,9-10H,5,8H2,1-4H3;4-5,7-8,19-20H,3,6H2,1-2H3;3-4,6-7,16,18H,2,5H2,1H3,(H,17,19). The number of carbonyl (C=O) groups excluding carboxylic acids is 9. The number of benzene rings is 5. The summed E-state index contributed by atoms with van der Waals surface area (Å²) >= 11 is 0. The van der Waals surface area contributed by atoms with Crippen LogP contribution in [-0.4, -0.2) is 149 Å². The van der Waals surface area contributed by atoms with Crippen LogP contribution in [0.2, 0.25) is 0 Å². The lowest BCUT2D eigenvalue weighted by molar-refractivity contribution is -0.134. The van der Waals surface area contributed by atoms with Gasteiger partial charge in [0, 0.05) is 27.7 Å². The molecule has 0 bridgehead atoms. The van der Waals surface area contributed by atoms with Crippen molar-refractivity contribution in [2.45, 2.75) is 127 Å². The Bertz CT molecular complexity index is 6080. The lowest BCUT2D eigenvalue weighted by Gasteiger charge is -2.10. The van der Waals surface area contributed by atoms with E-state index in [-0.39, 0.29) is 120 Å². The Morgan fingerprint density at radius 1 is 0.256 bits per heavy atom. The van der Waals surface area contributed by atoms with Crippen molar-refractivity contribution in [2.75, 3.05) is 54.4 Å². The van der Waals surface area contributed by atoms with Crippen molar-refractivity contribution in [2.24, 2.45) is 0 Å². The van der Waals surface area contributed by atoms with Crippen LogP contribution in [0.5, 0.6) is 86.2 Å². The Labute approximate surface area is 712 Å². The molecule has 125 heavy (non-hydrogen) atoms. The van der Waals surface area contributed by atoms with Crippen LogP contribution in [0, 0.1) is 0 Å². The third-order valence-electron chi connectivity index (χ3n) is 17.5. The SMILES string of the molecule is CCCCCCCCOC(=O)c1cc(O)c(=O)c2c(O)c(O)ccc2c1.CCCOC(=O)c1cc(O)c(=O)c2c(O)c(O)ccc2c1.CCCOC(=O)c1cc(OC(C)=O)c(=O)c2c(O)c(O)ccc2c1.CCCOC(=O)c1cc(OC(C)=O)c(=O)c2c(OC(C)=O)c(OC(C)=O)ccc2c1.CCCOC(=O)c1cc(OC)c(=O)c2c(OC)c(OC)ccc2c1. The molecular weight excluding hydrogens is 1640 g/mol. The van der Waals surface area contributed by atoms with Gasteiger partial charge in [-0.3, -0.25) is 43.2 Å². The lowest BCUT2D eigenvalue weighted by atomic mass is 10.1. The molecule has 10 rings (SSSR count). The summed E-state index contributed by atoms with van der Waals surface area (Å²) in [6, 6.07) is 26.2. The van der Waals surface area contributed by atoms with E-state index in [1.807, 2.05) is 27.7 Å². The summed E-state index contributed by atoms with van der Waals surface area (Å²) in [5.74, 6) is -11.9. The Morgan fingerprint density at radius 2 is 0.536 bits per heavy atom. The highest BCUT2D eigenvalue weighted by Crippen LogP contribution is 2.39. The normalized spacial score (nSPS) is 10.5. The Morgan fingerprint density at radius 3 is 0.880 bits per heavy atom. The predicted molar refractivity (Wildman–Crippen MR) is 455 cm³/mol. The van der Waals surface area contributed by atoms with Crippen molar-refractivity contribution in [3.63, 3.8) is 0 Å². The number of fused-ring (bicyclic) bond motifs is 5. The Kier molecular flexibility index (Phi) is 37.3. The number of ether oxygens (including phenoxy) is 12. The van der Waals surface area contributed by atoms with Crippen molar-refractivity contribution in [3.05, 3.63) is 200 Å². The first-order valence-corrected chi connectivity index (χ1v) is 38.9. The molecule has 0 unspecified atom stereocenters. The van der Waals surface area contributed by atoms with E-state index in [9.17, 15) is 108 Å². The molecule has 0 atom stereocenters. The van der Waals surface area contributed by atoms with E-state index in [0.29, 0.717) is 49.2 Å². The summed E-state index contributed by atoms with van der Waals surface area (Å²) in [7, 11) is 4.31. The molecule has 8 N–H and O–H groups in total. The van der Waals surface area contributed by atoms with Gasteiger partial charge < -0.3 is 97.7 Å². The van der Waals surface area contributed by atoms with Crippen LogP contribution in [0.4, 0.5) is 0 Å². The van der Waals surface area contributed by atoms with E-state index in [1.165, 1.54) is 119 Å². The largest absolute Gasteiger partial charge is 0.504 e. The maximum Gasteiger partial charge on any atom is 0.338 e. The average molecular weight is 1730 g/mol. The second-order valence-corrected chi connectivity index (χ2v) is 27.1. The molecule has 0 radical (unpaired) electrons. The molecular formula is C91H94O34. The minimum absolute atomic E-state index is 0.00525. The van der Waals surface area contributed by atoms with Gasteiger partial charge in [0.2, 0.25) is 27.1 Å². The first-order chi connectivity index (χ1) is 59.4. The number of phenols is 6. The summed E-state index contributed by atoms with van der Waals surface area (Å²) < 4.78 is 61.2. The monoisotopic (exact) mass is 1730 g/mol. The van der Waals surface area contributed by atoms with Gasteiger partial charge in [0.25, 0.3) is 0 Å². The van der Waals surface area contributed by atoms with Gasteiger partial charge in [-0.1, -0.05) is 97.1 Å². The molecule has 0 aliphatic rings. The van der Waals surface area contributed by atoms with Crippen molar-refractivity contribution in [1.82, 2.24) is 0 Å². The zero-order valence-corrected chi connectivity index (χ0v) is 70.3.